The van der Waals surface area contributed by atoms with E-state index in [1.165, 1.54) is 34.3 Å². The molecule has 1 aromatic carbocycles. The van der Waals surface area contributed by atoms with Crippen LogP contribution in [0.25, 0.3) is 0 Å². The van der Waals surface area contributed by atoms with Crippen LogP contribution < -0.4 is 10.1 Å². The highest BCUT2D eigenvalue weighted by atomic mass is 32.1. The number of carbonyl (C=O) groups is 1. The van der Waals surface area contributed by atoms with Crippen LogP contribution in [-0.2, 0) is 13.1 Å². The molecule has 11 heteroatoms. The van der Waals surface area contributed by atoms with E-state index in [-0.39, 0.29) is 24.5 Å². The third kappa shape index (κ3) is 5.54. The maximum Gasteiger partial charge on any atom is 0.573 e. The molecule has 2 N–H and O–H groups in total. The maximum absolute atomic E-state index is 12.1. The number of aliphatic hydroxyl groups excluding tert-OH is 1. The van der Waals surface area contributed by atoms with Gasteiger partial charge in [0.05, 0.1) is 12.7 Å². The van der Waals surface area contributed by atoms with Crippen LogP contribution >= 0.6 is 11.3 Å². The fourth-order valence-electron chi connectivity index (χ4n) is 2.32. The van der Waals surface area contributed by atoms with Crippen molar-refractivity contribution in [3.63, 3.8) is 0 Å². The van der Waals surface area contributed by atoms with E-state index in [2.05, 4.69) is 20.4 Å². The molecular weight excluding hydrogens is 397 g/mol. The van der Waals surface area contributed by atoms with E-state index in [4.69, 9.17) is 0 Å². The van der Waals surface area contributed by atoms with Gasteiger partial charge >= 0.3 is 6.36 Å². The van der Waals surface area contributed by atoms with E-state index in [0.717, 1.165) is 17.0 Å². The molecule has 3 aromatic rings. The minimum atomic E-state index is -4.75. The number of nitrogens with one attached hydrogen (secondary N) is 1. The first-order chi connectivity index (χ1) is 13.3. The Balaban J connectivity index is 1.52. The number of aliphatic hydroxyl groups is 1. The number of halogens is 3. The number of alkyl halides is 3. The van der Waals surface area contributed by atoms with Gasteiger partial charge in [-0.15, -0.1) is 29.6 Å². The first-order valence-corrected chi connectivity index (χ1v) is 8.92. The van der Waals surface area contributed by atoms with Gasteiger partial charge in [-0.05, 0) is 29.1 Å². The second-order valence-electron chi connectivity index (χ2n) is 5.73. The molecule has 2 heterocycles. The number of benzene rings is 1. The molecule has 0 saturated heterocycles. The summed E-state index contributed by atoms with van der Waals surface area (Å²) in [6, 6.07) is 8.77. The zero-order valence-corrected chi connectivity index (χ0v) is 15.1. The predicted octanol–water partition coefficient (Wildman–Crippen LogP) is 2.90. The van der Waals surface area contributed by atoms with Gasteiger partial charge in [-0.3, -0.25) is 4.79 Å². The van der Waals surface area contributed by atoms with Crippen molar-refractivity contribution in [2.45, 2.75) is 25.6 Å². The average Bonchev–Trinajstić information content (AvgIpc) is 3.31. The van der Waals surface area contributed by atoms with Crippen molar-refractivity contribution in [2.24, 2.45) is 0 Å². The fraction of sp³-hybridized carbons (Fsp3) is 0.235. The third-order valence-electron chi connectivity index (χ3n) is 3.61. The van der Waals surface area contributed by atoms with Crippen molar-refractivity contribution in [2.75, 3.05) is 0 Å². The van der Waals surface area contributed by atoms with E-state index in [0.29, 0.717) is 5.56 Å². The maximum atomic E-state index is 12.1. The van der Waals surface area contributed by atoms with Crippen LogP contribution in [0, 0.1) is 0 Å². The Morgan fingerprint density at radius 3 is 2.68 bits per heavy atom. The van der Waals surface area contributed by atoms with E-state index >= 15 is 0 Å². The summed E-state index contributed by atoms with van der Waals surface area (Å²) < 4.78 is 41.6. The van der Waals surface area contributed by atoms with Gasteiger partial charge in [0.25, 0.3) is 5.91 Å². The molecule has 0 aliphatic heterocycles. The SMILES string of the molecule is O=C(NCc1ccc(OC(F)(F)F)cc1)c1cn(C[C@H](O)c2cccs2)nn1. The van der Waals surface area contributed by atoms with Crippen molar-refractivity contribution in [1.29, 1.82) is 0 Å². The van der Waals surface area contributed by atoms with Crippen molar-refractivity contribution in [1.82, 2.24) is 20.3 Å². The van der Waals surface area contributed by atoms with Gasteiger partial charge in [-0.1, -0.05) is 23.4 Å². The van der Waals surface area contributed by atoms with Gasteiger partial charge in [0.15, 0.2) is 5.69 Å². The number of aromatic nitrogens is 3. The predicted molar refractivity (Wildman–Crippen MR) is 93.6 cm³/mol. The standard InChI is InChI=1S/C17H15F3N4O3S/c18-17(19,20)27-12-5-3-11(4-6-12)8-21-16(26)13-9-24(23-22-13)10-14(25)15-2-1-7-28-15/h1-7,9,14,25H,8,10H2,(H,21,26)/t14-/m0/s1. The van der Waals surface area contributed by atoms with Crippen LogP contribution in [0.3, 0.4) is 0 Å². The van der Waals surface area contributed by atoms with Crippen molar-refractivity contribution < 1.29 is 27.8 Å². The van der Waals surface area contributed by atoms with Crippen LogP contribution in [-0.4, -0.2) is 32.4 Å². The summed E-state index contributed by atoms with van der Waals surface area (Å²) in [6.07, 6.45) is -4.10. The molecule has 148 valence electrons. The molecule has 0 saturated carbocycles. The lowest BCUT2D eigenvalue weighted by molar-refractivity contribution is -0.274. The molecule has 3 rings (SSSR count). The van der Waals surface area contributed by atoms with Crippen LogP contribution in [0.1, 0.15) is 27.0 Å². The number of thiophene rings is 1. The van der Waals surface area contributed by atoms with Gasteiger partial charge in [0.2, 0.25) is 0 Å². The van der Waals surface area contributed by atoms with Gasteiger partial charge in [0.1, 0.15) is 11.9 Å². The lowest BCUT2D eigenvalue weighted by atomic mass is 10.2. The average molecular weight is 412 g/mol. The first-order valence-electron chi connectivity index (χ1n) is 8.04. The Labute approximate surface area is 161 Å². The number of hydrogen-bond donors (Lipinski definition) is 2. The lowest BCUT2D eigenvalue weighted by Gasteiger charge is -2.09. The zero-order chi connectivity index (χ0) is 20.1. The number of hydrogen-bond acceptors (Lipinski definition) is 6. The summed E-state index contributed by atoms with van der Waals surface area (Å²) in [7, 11) is 0. The first kappa shape index (κ1) is 19.8. The van der Waals surface area contributed by atoms with Crippen LogP contribution in [0.2, 0.25) is 0 Å². The molecule has 1 atom stereocenters. The summed E-state index contributed by atoms with van der Waals surface area (Å²) in [6.45, 7) is 0.247. The minimum absolute atomic E-state index is 0.0652. The number of ether oxygens (including phenoxy) is 1. The van der Waals surface area contributed by atoms with Gasteiger partial charge < -0.3 is 15.2 Å². The highest BCUT2D eigenvalue weighted by molar-refractivity contribution is 7.10. The summed E-state index contributed by atoms with van der Waals surface area (Å²) in [5.41, 5.74) is 0.652. The van der Waals surface area contributed by atoms with Crippen molar-refractivity contribution in [3.05, 3.63) is 64.1 Å². The van der Waals surface area contributed by atoms with Crippen molar-refractivity contribution in [3.8, 4) is 5.75 Å². The van der Waals surface area contributed by atoms with Gasteiger partial charge in [0, 0.05) is 11.4 Å². The van der Waals surface area contributed by atoms with Crippen molar-refractivity contribution >= 4 is 17.2 Å². The van der Waals surface area contributed by atoms with E-state index in [1.54, 1.807) is 6.07 Å². The Hall–Kier alpha value is -2.92. The van der Waals surface area contributed by atoms with Crippen LogP contribution in [0.5, 0.6) is 5.75 Å². The largest absolute Gasteiger partial charge is 0.573 e. The molecular formula is C17H15F3N4O3S. The Morgan fingerprint density at radius 2 is 2.04 bits per heavy atom. The number of carbonyl (C=O) groups excluding carboxylic acids is 1. The molecule has 0 bridgehead atoms. The number of amides is 1. The molecule has 0 radical (unpaired) electrons. The summed E-state index contributed by atoms with van der Waals surface area (Å²) in [4.78, 5) is 12.9. The molecule has 0 aliphatic rings. The van der Waals surface area contributed by atoms with E-state index in [9.17, 15) is 23.1 Å². The Bertz CT molecular complexity index is 911. The summed E-state index contributed by atoms with van der Waals surface area (Å²) in [5.74, 6) is -0.831. The normalized spacial score (nSPS) is 12.6. The molecule has 2 aromatic heterocycles. The molecule has 0 aliphatic carbocycles. The Morgan fingerprint density at radius 1 is 1.29 bits per heavy atom. The smallest absolute Gasteiger partial charge is 0.406 e. The molecule has 7 nitrogen and oxygen atoms in total. The van der Waals surface area contributed by atoms with Crippen LogP contribution in [0.15, 0.2) is 48.0 Å². The Kier molecular flexibility index (Phi) is 5.95. The van der Waals surface area contributed by atoms with E-state index in [1.807, 2.05) is 11.4 Å². The van der Waals surface area contributed by atoms with Gasteiger partial charge in [-0.25, -0.2) is 4.68 Å². The summed E-state index contributed by atoms with van der Waals surface area (Å²) in [5, 5.41) is 22.1. The van der Waals surface area contributed by atoms with E-state index < -0.39 is 18.4 Å². The molecule has 0 spiro atoms. The quantitative estimate of drug-likeness (QED) is 0.623. The minimum Gasteiger partial charge on any atom is -0.406 e. The van der Waals surface area contributed by atoms with Gasteiger partial charge in [-0.2, -0.15) is 0 Å². The third-order valence-corrected chi connectivity index (χ3v) is 4.59. The number of rotatable bonds is 7. The highest BCUT2D eigenvalue weighted by Gasteiger charge is 2.30. The summed E-state index contributed by atoms with van der Waals surface area (Å²) >= 11 is 1.41. The monoisotopic (exact) mass is 412 g/mol. The molecule has 0 fully saturated rings. The zero-order valence-electron chi connectivity index (χ0n) is 14.3. The second kappa shape index (κ2) is 8.40. The molecule has 0 unspecified atom stereocenters. The number of nitrogens with zero attached hydrogens (tertiary/aromatic N) is 3. The molecule has 28 heavy (non-hydrogen) atoms. The van der Waals surface area contributed by atoms with Crippen LogP contribution in [0.4, 0.5) is 13.2 Å². The second-order valence-corrected chi connectivity index (χ2v) is 6.71. The topological polar surface area (TPSA) is 89.3 Å². The fourth-order valence-corrected chi connectivity index (χ4v) is 3.02. The molecule has 1 amide bonds. The lowest BCUT2D eigenvalue weighted by Crippen LogP contribution is -2.23. The highest BCUT2D eigenvalue weighted by Crippen LogP contribution is 2.23.